The lowest BCUT2D eigenvalue weighted by Gasteiger charge is -2.14. The molecule has 0 N–H and O–H groups in total. The predicted molar refractivity (Wildman–Crippen MR) is 74.5 cm³/mol. The normalized spacial score (nSPS) is 11.0. The first-order chi connectivity index (χ1) is 8.27. The zero-order valence-electron chi connectivity index (χ0n) is 12.0. The number of carbonyl (C=O) groups is 1. The molecular formula is C14H21O3Si+. The summed E-state index contributed by atoms with van der Waals surface area (Å²) in [6, 6.07) is 5.49. The molecular weight excluding hydrogens is 244 g/mol. The van der Waals surface area contributed by atoms with E-state index in [1.165, 1.54) is 7.11 Å². The van der Waals surface area contributed by atoms with Gasteiger partial charge in [0.25, 0.3) is 0 Å². The quantitative estimate of drug-likeness (QED) is 0.619. The van der Waals surface area contributed by atoms with Crippen LogP contribution >= 0.6 is 0 Å². The van der Waals surface area contributed by atoms with Gasteiger partial charge >= 0.3 is 15.0 Å². The van der Waals surface area contributed by atoms with Crippen LogP contribution in [0.25, 0.3) is 0 Å². The van der Waals surface area contributed by atoms with Gasteiger partial charge in [0, 0.05) is 5.56 Å². The highest BCUT2D eigenvalue weighted by atomic mass is 28.3. The number of rotatable bonds is 3. The third-order valence-electron chi connectivity index (χ3n) is 3.01. The summed E-state index contributed by atoms with van der Waals surface area (Å²) in [4.78, 5) is 11.6. The molecule has 0 saturated heterocycles. The lowest BCUT2D eigenvalue weighted by Crippen LogP contribution is -2.29. The second-order valence-electron chi connectivity index (χ2n) is 5.33. The van der Waals surface area contributed by atoms with E-state index in [-0.39, 0.29) is 11.0 Å². The fraction of sp³-hybridized carbons (Fsp3) is 0.500. The summed E-state index contributed by atoms with van der Waals surface area (Å²) < 4.78 is 10.8. The van der Waals surface area contributed by atoms with Crippen LogP contribution < -0.4 is 4.43 Å². The average Bonchev–Trinajstić information content (AvgIpc) is 2.29. The molecule has 4 heteroatoms. The molecule has 0 fully saturated rings. The Morgan fingerprint density at radius 3 is 2.39 bits per heavy atom. The fourth-order valence-electron chi connectivity index (χ4n) is 1.37. The van der Waals surface area contributed by atoms with Crippen LogP contribution in [0.15, 0.2) is 18.2 Å². The van der Waals surface area contributed by atoms with Gasteiger partial charge in [-0.15, -0.1) is 0 Å². The molecule has 0 atom stereocenters. The van der Waals surface area contributed by atoms with Crippen LogP contribution in [0, 0.1) is 6.92 Å². The van der Waals surface area contributed by atoms with Gasteiger partial charge in [-0.3, -0.25) is 0 Å². The Morgan fingerprint density at radius 2 is 1.89 bits per heavy atom. The van der Waals surface area contributed by atoms with Crippen molar-refractivity contribution < 1.29 is 14.0 Å². The summed E-state index contributed by atoms with van der Waals surface area (Å²) in [5.74, 6) is 0.461. The van der Waals surface area contributed by atoms with Gasteiger partial charge in [-0.05, 0) is 39.8 Å². The number of hydrogen-bond donors (Lipinski definition) is 0. The summed E-state index contributed by atoms with van der Waals surface area (Å²) in [5.41, 5.74) is 1.41. The number of esters is 1. The van der Waals surface area contributed by atoms with E-state index in [0.717, 1.165) is 11.3 Å². The second-order valence-corrected chi connectivity index (χ2v) is 8.15. The van der Waals surface area contributed by atoms with Crippen LogP contribution in [0.3, 0.4) is 0 Å². The van der Waals surface area contributed by atoms with E-state index >= 15 is 0 Å². The molecule has 0 radical (unpaired) electrons. The first kappa shape index (κ1) is 14.8. The first-order valence-electron chi connectivity index (χ1n) is 5.97. The van der Waals surface area contributed by atoms with Crippen molar-refractivity contribution in [2.45, 2.75) is 39.3 Å². The van der Waals surface area contributed by atoms with Crippen molar-refractivity contribution in [3.8, 4) is 5.75 Å². The lowest BCUT2D eigenvalue weighted by molar-refractivity contribution is 0.0599. The molecule has 0 spiro atoms. The molecule has 18 heavy (non-hydrogen) atoms. The molecule has 0 aliphatic rings. The maximum Gasteiger partial charge on any atom is 0.544 e. The average molecular weight is 265 g/mol. The molecule has 3 nitrogen and oxygen atoms in total. The second kappa shape index (κ2) is 5.57. The molecule has 0 aromatic heterocycles. The van der Waals surface area contributed by atoms with Crippen molar-refractivity contribution in [1.29, 1.82) is 0 Å². The van der Waals surface area contributed by atoms with E-state index in [2.05, 4.69) is 27.3 Å². The zero-order valence-corrected chi connectivity index (χ0v) is 13.0. The van der Waals surface area contributed by atoms with Gasteiger partial charge in [0.2, 0.25) is 0 Å². The Balaban J connectivity index is 3.01. The summed E-state index contributed by atoms with van der Waals surface area (Å²) in [6.45, 7) is 10.5. The summed E-state index contributed by atoms with van der Waals surface area (Å²) >= 11 is 0. The minimum atomic E-state index is -0.980. The zero-order chi connectivity index (χ0) is 13.9. The Morgan fingerprint density at radius 1 is 1.28 bits per heavy atom. The van der Waals surface area contributed by atoms with Crippen molar-refractivity contribution in [3.63, 3.8) is 0 Å². The Bertz CT molecular complexity index is 435. The smallest absolute Gasteiger partial charge is 0.465 e. The Labute approximate surface area is 111 Å². The lowest BCUT2D eigenvalue weighted by atomic mass is 10.1. The van der Waals surface area contributed by atoms with E-state index in [1.54, 1.807) is 6.07 Å². The topological polar surface area (TPSA) is 35.5 Å². The van der Waals surface area contributed by atoms with Gasteiger partial charge < -0.3 is 9.16 Å². The molecule has 0 bridgehead atoms. The van der Waals surface area contributed by atoms with E-state index in [9.17, 15) is 4.79 Å². The highest BCUT2D eigenvalue weighted by Gasteiger charge is 2.41. The van der Waals surface area contributed by atoms with E-state index < -0.39 is 9.04 Å². The molecule has 0 aliphatic heterocycles. The first-order valence-corrected chi connectivity index (χ1v) is 7.88. The highest BCUT2D eigenvalue weighted by Crippen LogP contribution is 2.30. The summed E-state index contributed by atoms with van der Waals surface area (Å²) in [6.07, 6.45) is 0. The Hall–Kier alpha value is -1.29. The third kappa shape index (κ3) is 3.35. The van der Waals surface area contributed by atoms with Crippen LogP contribution in [-0.4, -0.2) is 22.1 Å². The van der Waals surface area contributed by atoms with Crippen LogP contribution in [0.5, 0.6) is 5.75 Å². The molecule has 1 rings (SSSR count). The minimum Gasteiger partial charge on any atom is -0.465 e. The third-order valence-corrected chi connectivity index (χ3v) is 5.65. The number of ether oxygens (including phenoxy) is 1. The molecule has 1 aromatic rings. The molecule has 1 aromatic carbocycles. The van der Waals surface area contributed by atoms with E-state index in [0.29, 0.717) is 5.56 Å². The number of methoxy groups -OCH3 is 1. The molecule has 0 saturated carbocycles. The van der Waals surface area contributed by atoms with Gasteiger partial charge in [-0.1, -0.05) is 6.07 Å². The standard InChI is InChI=1S/C14H21O3Si/c1-10-11(13(15)16-5)8-7-9-12(10)17-18(6)14(2,3)4/h7-9H,1-6H3/q+1. The van der Waals surface area contributed by atoms with Gasteiger partial charge in [0.15, 0.2) is 5.75 Å². The van der Waals surface area contributed by atoms with Gasteiger partial charge in [0.05, 0.1) is 19.2 Å². The molecule has 0 aliphatic carbocycles. The summed E-state index contributed by atoms with van der Waals surface area (Å²) in [7, 11) is 0.408. The number of hydrogen-bond acceptors (Lipinski definition) is 3. The fourth-order valence-corrected chi connectivity index (χ4v) is 2.23. The maximum atomic E-state index is 11.6. The predicted octanol–water partition coefficient (Wildman–Crippen LogP) is 3.58. The van der Waals surface area contributed by atoms with Crippen LogP contribution in [0.2, 0.25) is 11.6 Å². The summed E-state index contributed by atoms with van der Waals surface area (Å²) in [5, 5.41) is 0.151. The van der Waals surface area contributed by atoms with Crippen LogP contribution in [-0.2, 0) is 4.74 Å². The molecule has 98 valence electrons. The van der Waals surface area contributed by atoms with Gasteiger partial charge in [-0.25, -0.2) is 4.79 Å². The maximum absolute atomic E-state index is 11.6. The number of benzene rings is 1. The molecule has 0 heterocycles. The van der Waals surface area contributed by atoms with Crippen molar-refractivity contribution in [2.75, 3.05) is 7.11 Å². The monoisotopic (exact) mass is 265 g/mol. The van der Waals surface area contributed by atoms with Crippen molar-refractivity contribution in [1.82, 2.24) is 0 Å². The SMILES string of the molecule is COC(=O)c1cccc(O[Si+](C)C(C)(C)C)c1C. The number of carbonyl (C=O) groups excluding carboxylic acids is 1. The molecule has 0 unspecified atom stereocenters. The van der Waals surface area contributed by atoms with Crippen molar-refractivity contribution >= 4 is 15.0 Å². The van der Waals surface area contributed by atoms with Crippen molar-refractivity contribution in [2.24, 2.45) is 0 Å². The van der Waals surface area contributed by atoms with Crippen molar-refractivity contribution in [3.05, 3.63) is 29.3 Å². The highest BCUT2D eigenvalue weighted by molar-refractivity contribution is 6.54. The minimum absolute atomic E-state index is 0.151. The Kier molecular flexibility index (Phi) is 4.57. The van der Waals surface area contributed by atoms with Crippen LogP contribution in [0.4, 0.5) is 0 Å². The van der Waals surface area contributed by atoms with E-state index in [4.69, 9.17) is 9.16 Å². The van der Waals surface area contributed by atoms with Gasteiger partial charge in [-0.2, -0.15) is 0 Å². The molecule has 0 amide bonds. The van der Waals surface area contributed by atoms with E-state index in [1.807, 2.05) is 19.1 Å². The largest absolute Gasteiger partial charge is 0.544 e. The van der Waals surface area contributed by atoms with Crippen LogP contribution in [0.1, 0.15) is 36.7 Å². The van der Waals surface area contributed by atoms with Gasteiger partial charge in [0.1, 0.15) is 5.04 Å².